The summed E-state index contributed by atoms with van der Waals surface area (Å²) in [5.74, 6) is 1.87. The molecule has 1 saturated heterocycles. The van der Waals surface area contributed by atoms with Gasteiger partial charge in [-0.15, -0.1) is 21.5 Å². The van der Waals surface area contributed by atoms with E-state index < -0.39 is 6.04 Å². The topological polar surface area (TPSA) is 103 Å². The fourth-order valence-corrected chi connectivity index (χ4v) is 6.65. The molecule has 2 aromatic carbocycles. The molecule has 0 radical (unpaired) electrons. The normalized spacial score (nSPS) is 18.6. The number of aromatic nitrogens is 3. The van der Waals surface area contributed by atoms with Crippen LogP contribution in [0.4, 0.5) is 5.69 Å². The summed E-state index contributed by atoms with van der Waals surface area (Å²) in [6.07, 6.45) is 0.101. The molecule has 9 nitrogen and oxygen atoms in total. The van der Waals surface area contributed by atoms with Gasteiger partial charge in [-0.3, -0.25) is 14.4 Å². The third-order valence-corrected chi connectivity index (χ3v) is 9.08. The van der Waals surface area contributed by atoms with Crippen molar-refractivity contribution < 1.29 is 14.3 Å². The lowest BCUT2D eigenvalue weighted by molar-refractivity contribution is -0.116. The number of carbonyl (C=O) groups excluding carboxylic acids is 1. The number of hydrogen-bond acceptors (Lipinski definition) is 8. The van der Waals surface area contributed by atoms with Gasteiger partial charge in [0, 0.05) is 37.8 Å². The van der Waals surface area contributed by atoms with Crippen LogP contribution < -0.4 is 5.32 Å². The number of hydrogen-bond donors (Lipinski definition) is 1. The van der Waals surface area contributed by atoms with Crippen molar-refractivity contribution in [2.75, 3.05) is 18.5 Å². The predicted octanol–water partition coefficient (Wildman–Crippen LogP) is 5.50. The number of rotatable bonds is 5. The number of anilines is 1. The van der Waals surface area contributed by atoms with Gasteiger partial charge in [0.25, 0.3) is 0 Å². The number of aliphatic imine (C=N–C) groups is 2. The van der Waals surface area contributed by atoms with Gasteiger partial charge in [-0.25, -0.2) is 4.99 Å². The van der Waals surface area contributed by atoms with Crippen molar-refractivity contribution in [1.29, 1.82) is 0 Å². The molecule has 41 heavy (non-hydrogen) atoms. The molecule has 11 heteroatoms. The van der Waals surface area contributed by atoms with Crippen molar-refractivity contribution in [1.82, 2.24) is 14.8 Å². The second-order valence-corrected chi connectivity index (χ2v) is 12.1. The first-order valence-corrected chi connectivity index (χ1v) is 14.6. The molecule has 7 rings (SSSR count). The molecular formula is C30H27ClN6O3S. The number of nitrogens with zero attached hydrogens (tertiary/aromatic N) is 5. The van der Waals surface area contributed by atoms with Gasteiger partial charge in [-0.05, 0) is 56.7 Å². The van der Waals surface area contributed by atoms with Gasteiger partial charge in [-0.2, -0.15) is 0 Å². The number of amides is 1. The summed E-state index contributed by atoms with van der Waals surface area (Å²) < 4.78 is 13.1. The quantitative estimate of drug-likeness (QED) is 0.332. The first kappa shape index (κ1) is 26.1. The standard InChI is InChI=1S/C30H27ClN6O3S/c1-15-16(2)41-30-26(15)27(18-4-6-20(31)7-5-18)34-24(28-36-35-17(3)37(28)30)11-25(38)32-21-8-9-23-19(10-21)12-40-29(23)33-22-13-39-14-22/h4-10,22,24H,11-14H2,1-3H3,(H,32,38)/b33-29+/t24-/m0/s1. The van der Waals surface area contributed by atoms with Crippen molar-refractivity contribution in [2.45, 2.75) is 45.9 Å². The molecule has 0 spiro atoms. The zero-order chi connectivity index (χ0) is 28.2. The molecule has 3 aliphatic heterocycles. The average Bonchev–Trinajstić information content (AvgIpc) is 3.57. The van der Waals surface area contributed by atoms with Crippen molar-refractivity contribution >= 4 is 46.1 Å². The molecule has 1 amide bonds. The largest absolute Gasteiger partial charge is 0.473 e. The summed E-state index contributed by atoms with van der Waals surface area (Å²) in [5, 5.41) is 13.6. The molecule has 0 aliphatic carbocycles. The highest BCUT2D eigenvalue weighted by Crippen LogP contribution is 2.39. The van der Waals surface area contributed by atoms with E-state index in [-0.39, 0.29) is 18.4 Å². The first-order chi connectivity index (χ1) is 19.9. The second-order valence-electron chi connectivity index (χ2n) is 10.4. The molecule has 2 aromatic heterocycles. The molecule has 0 saturated carbocycles. The van der Waals surface area contributed by atoms with Gasteiger partial charge in [0.1, 0.15) is 29.5 Å². The van der Waals surface area contributed by atoms with Gasteiger partial charge < -0.3 is 14.8 Å². The Labute approximate surface area is 245 Å². The van der Waals surface area contributed by atoms with Crippen LogP contribution in [0.3, 0.4) is 0 Å². The van der Waals surface area contributed by atoms with Gasteiger partial charge >= 0.3 is 0 Å². The number of benzene rings is 2. The zero-order valence-corrected chi connectivity index (χ0v) is 24.3. The van der Waals surface area contributed by atoms with E-state index in [9.17, 15) is 4.79 Å². The number of aryl methyl sites for hydroxylation is 2. The monoisotopic (exact) mass is 586 g/mol. The molecule has 3 aliphatic rings. The number of nitrogens with one attached hydrogen (secondary N) is 1. The molecule has 1 atom stereocenters. The van der Waals surface area contributed by atoms with Crippen LogP contribution >= 0.6 is 22.9 Å². The highest BCUT2D eigenvalue weighted by Gasteiger charge is 2.32. The third-order valence-electron chi connectivity index (χ3n) is 7.64. The minimum Gasteiger partial charge on any atom is -0.473 e. The number of fused-ring (bicyclic) bond motifs is 4. The van der Waals surface area contributed by atoms with Crippen LogP contribution in [0.5, 0.6) is 0 Å². The highest BCUT2D eigenvalue weighted by molar-refractivity contribution is 7.15. The second kappa shape index (κ2) is 10.2. The fourth-order valence-electron chi connectivity index (χ4n) is 5.31. The van der Waals surface area contributed by atoms with Gasteiger partial charge in [0.15, 0.2) is 5.82 Å². The van der Waals surface area contributed by atoms with E-state index in [2.05, 4.69) is 34.4 Å². The Morgan fingerprint density at radius 2 is 1.95 bits per heavy atom. The van der Waals surface area contributed by atoms with E-state index in [1.54, 1.807) is 11.3 Å². The van der Waals surface area contributed by atoms with Crippen LogP contribution in [0, 0.1) is 20.8 Å². The van der Waals surface area contributed by atoms with Crippen LogP contribution in [0.1, 0.15) is 56.8 Å². The maximum absolute atomic E-state index is 13.5. The summed E-state index contributed by atoms with van der Waals surface area (Å²) in [6.45, 7) is 7.82. The lowest BCUT2D eigenvalue weighted by atomic mass is 9.99. The SMILES string of the molecule is Cc1sc2c(c1C)C(c1ccc(Cl)cc1)=N[C@@H](CC(=O)Nc1ccc3c(c1)CO/C3=N/C1COC1)c1nnc(C)n1-2. The van der Waals surface area contributed by atoms with Gasteiger partial charge in [-0.1, -0.05) is 23.7 Å². The van der Waals surface area contributed by atoms with Crippen LogP contribution in [-0.4, -0.2) is 51.5 Å². The predicted molar refractivity (Wildman–Crippen MR) is 159 cm³/mol. The van der Waals surface area contributed by atoms with Crippen LogP contribution in [0.2, 0.25) is 5.02 Å². The number of ether oxygens (including phenoxy) is 2. The molecule has 0 unspecified atom stereocenters. The summed E-state index contributed by atoms with van der Waals surface area (Å²) >= 11 is 7.90. The molecule has 208 valence electrons. The highest BCUT2D eigenvalue weighted by atomic mass is 35.5. The Balaban J connectivity index is 1.21. The summed E-state index contributed by atoms with van der Waals surface area (Å²) in [6, 6.07) is 13.0. The molecule has 1 N–H and O–H groups in total. The maximum Gasteiger partial charge on any atom is 0.227 e. The summed E-state index contributed by atoms with van der Waals surface area (Å²) in [4.78, 5) is 24.5. The number of halogens is 1. The van der Waals surface area contributed by atoms with Crippen molar-refractivity contribution in [2.24, 2.45) is 9.98 Å². The Morgan fingerprint density at radius 1 is 1.15 bits per heavy atom. The van der Waals surface area contributed by atoms with Crippen LogP contribution in [0.25, 0.3) is 5.00 Å². The van der Waals surface area contributed by atoms with Gasteiger partial charge in [0.2, 0.25) is 11.8 Å². The third kappa shape index (κ3) is 4.65. The van der Waals surface area contributed by atoms with Crippen molar-refractivity contribution in [3.63, 3.8) is 0 Å². The Kier molecular flexibility index (Phi) is 6.49. The summed E-state index contributed by atoms with van der Waals surface area (Å²) in [7, 11) is 0. The lowest BCUT2D eigenvalue weighted by Crippen LogP contribution is -2.32. The lowest BCUT2D eigenvalue weighted by Gasteiger charge is -2.22. The molecule has 0 bridgehead atoms. The zero-order valence-electron chi connectivity index (χ0n) is 22.8. The Morgan fingerprint density at radius 3 is 2.71 bits per heavy atom. The van der Waals surface area contributed by atoms with E-state index >= 15 is 0 Å². The molecule has 4 aromatic rings. The van der Waals surface area contributed by atoms with E-state index in [4.69, 9.17) is 26.1 Å². The van der Waals surface area contributed by atoms with Crippen LogP contribution in [-0.2, 0) is 20.9 Å². The Bertz CT molecular complexity index is 1750. The number of carbonyl (C=O) groups is 1. The molecule has 1 fully saturated rings. The van der Waals surface area contributed by atoms with E-state index in [1.807, 2.05) is 54.0 Å². The minimum absolute atomic E-state index is 0.101. The smallest absolute Gasteiger partial charge is 0.227 e. The first-order valence-electron chi connectivity index (χ1n) is 13.4. The van der Waals surface area contributed by atoms with Gasteiger partial charge in [0.05, 0.1) is 25.3 Å². The fraction of sp³-hybridized carbons (Fsp3) is 0.300. The number of thiophene rings is 1. The Hall–Kier alpha value is -3.86. The molecule has 5 heterocycles. The van der Waals surface area contributed by atoms with Crippen molar-refractivity contribution in [3.05, 3.63) is 91.8 Å². The molecular weight excluding hydrogens is 560 g/mol. The van der Waals surface area contributed by atoms with Crippen molar-refractivity contribution in [3.8, 4) is 5.00 Å². The van der Waals surface area contributed by atoms with E-state index in [1.165, 1.54) is 4.88 Å². The maximum atomic E-state index is 13.5. The minimum atomic E-state index is -0.539. The average molecular weight is 587 g/mol. The van der Waals surface area contributed by atoms with E-state index in [0.717, 1.165) is 44.4 Å². The van der Waals surface area contributed by atoms with Crippen LogP contribution in [0.15, 0.2) is 52.4 Å². The summed E-state index contributed by atoms with van der Waals surface area (Å²) in [5.41, 5.74) is 6.58. The van der Waals surface area contributed by atoms with E-state index in [0.29, 0.717) is 42.3 Å².